The Bertz CT molecular complexity index is 845. The molecule has 3 rings (SSSR count). The molecule has 2 aromatic carbocycles. The Morgan fingerprint density at radius 3 is 2.78 bits per heavy atom. The average Bonchev–Trinajstić information content (AvgIpc) is 3.04. The quantitative estimate of drug-likeness (QED) is 0.438. The minimum atomic E-state index is -0.458. The minimum Gasteiger partial charge on any atom is -0.258 e. The first-order valence-electron chi connectivity index (χ1n) is 6.61. The second-order valence-corrected chi connectivity index (χ2v) is 4.47. The van der Waals surface area contributed by atoms with Crippen molar-refractivity contribution in [3.63, 3.8) is 0 Å². The monoisotopic (exact) mass is 309 g/mol. The SMILES string of the molecule is O=[N+]([O-])c1cccc(C=NNc2nnnn2-c2ccccc2)c1. The van der Waals surface area contributed by atoms with Gasteiger partial charge in [-0.25, -0.2) is 5.43 Å². The number of nitrogens with one attached hydrogen (secondary N) is 1. The molecule has 9 heteroatoms. The van der Waals surface area contributed by atoms with Gasteiger partial charge in [-0.2, -0.15) is 9.78 Å². The highest BCUT2D eigenvalue weighted by molar-refractivity contribution is 5.81. The van der Waals surface area contributed by atoms with Crippen LogP contribution in [0.1, 0.15) is 5.56 Å². The van der Waals surface area contributed by atoms with E-state index in [1.807, 2.05) is 30.3 Å². The number of nitro groups is 1. The fourth-order valence-electron chi connectivity index (χ4n) is 1.88. The number of nitro benzene ring substituents is 1. The summed E-state index contributed by atoms with van der Waals surface area (Å²) in [5.41, 5.74) is 4.09. The zero-order valence-electron chi connectivity index (χ0n) is 11.8. The van der Waals surface area contributed by atoms with Gasteiger partial charge in [0.25, 0.3) is 11.6 Å². The molecule has 1 heterocycles. The van der Waals surface area contributed by atoms with Crippen molar-refractivity contribution < 1.29 is 4.92 Å². The molecule has 0 atom stereocenters. The van der Waals surface area contributed by atoms with E-state index in [-0.39, 0.29) is 5.69 Å². The number of aromatic nitrogens is 4. The summed E-state index contributed by atoms with van der Waals surface area (Å²) < 4.78 is 1.49. The number of para-hydroxylation sites is 1. The second-order valence-electron chi connectivity index (χ2n) is 4.47. The lowest BCUT2D eigenvalue weighted by Gasteiger charge is -2.02. The van der Waals surface area contributed by atoms with Crippen LogP contribution in [0.3, 0.4) is 0 Å². The number of hydrogen-bond donors (Lipinski definition) is 1. The van der Waals surface area contributed by atoms with Crippen LogP contribution >= 0.6 is 0 Å². The molecular weight excluding hydrogens is 298 g/mol. The molecule has 0 amide bonds. The molecular formula is C14H11N7O2. The van der Waals surface area contributed by atoms with E-state index < -0.39 is 4.92 Å². The molecule has 0 saturated heterocycles. The van der Waals surface area contributed by atoms with E-state index in [2.05, 4.69) is 26.1 Å². The van der Waals surface area contributed by atoms with Crippen molar-refractivity contribution in [3.8, 4) is 5.69 Å². The normalized spacial score (nSPS) is 10.8. The van der Waals surface area contributed by atoms with E-state index in [0.717, 1.165) is 5.69 Å². The van der Waals surface area contributed by atoms with Gasteiger partial charge in [0.1, 0.15) is 0 Å². The maximum absolute atomic E-state index is 10.7. The Balaban J connectivity index is 1.76. The summed E-state index contributed by atoms with van der Waals surface area (Å²) >= 11 is 0. The Labute approximate surface area is 130 Å². The molecule has 3 aromatic rings. The van der Waals surface area contributed by atoms with Gasteiger partial charge >= 0.3 is 0 Å². The van der Waals surface area contributed by atoms with Crippen molar-refractivity contribution in [1.29, 1.82) is 0 Å². The molecule has 114 valence electrons. The molecule has 0 saturated carbocycles. The molecule has 0 radical (unpaired) electrons. The van der Waals surface area contributed by atoms with Crippen LogP contribution in [0.4, 0.5) is 11.6 Å². The van der Waals surface area contributed by atoms with Gasteiger partial charge < -0.3 is 0 Å². The fourth-order valence-corrected chi connectivity index (χ4v) is 1.88. The van der Waals surface area contributed by atoms with Crippen molar-refractivity contribution in [1.82, 2.24) is 20.2 Å². The first-order chi connectivity index (χ1) is 11.2. The zero-order chi connectivity index (χ0) is 16.1. The molecule has 1 aromatic heterocycles. The summed E-state index contributed by atoms with van der Waals surface area (Å²) in [6, 6.07) is 15.5. The Kier molecular flexibility index (Phi) is 4.01. The van der Waals surface area contributed by atoms with Crippen LogP contribution < -0.4 is 5.43 Å². The lowest BCUT2D eigenvalue weighted by Crippen LogP contribution is -2.03. The summed E-state index contributed by atoms with van der Waals surface area (Å²) in [6.07, 6.45) is 1.46. The zero-order valence-corrected chi connectivity index (χ0v) is 11.8. The van der Waals surface area contributed by atoms with Crippen LogP contribution in [0.15, 0.2) is 59.7 Å². The van der Waals surface area contributed by atoms with E-state index in [0.29, 0.717) is 11.5 Å². The van der Waals surface area contributed by atoms with Crippen molar-refractivity contribution in [2.45, 2.75) is 0 Å². The molecule has 0 aliphatic carbocycles. The van der Waals surface area contributed by atoms with Crippen LogP contribution in [0.2, 0.25) is 0 Å². The van der Waals surface area contributed by atoms with E-state index in [9.17, 15) is 10.1 Å². The highest BCUT2D eigenvalue weighted by atomic mass is 16.6. The van der Waals surface area contributed by atoms with Gasteiger partial charge in [-0.15, -0.1) is 0 Å². The Morgan fingerprint density at radius 1 is 1.17 bits per heavy atom. The molecule has 9 nitrogen and oxygen atoms in total. The fraction of sp³-hybridized carbons (Fsp3) is 0. The van der Waals surface area contributed by atoms with Crippen LogP contribution in [-0.4, -0.2) is 31.3 Å². The second kappa shape index (κ2) is 6.43. The van der Waals surface area contributed by atoms with Gasteiger partial charge in [-0.1, -0.05) is 35.4 Å². The molecule has 23 heavy (non-hydrogen) atoms. The standard InChI is InChI=1S/C14H11N7O2/c22-21(23)13-8-4-5-11(9-13)10-15-16-14-17-18-19-20(14)12-6-2-1-3-7-12/h1-10H,(H,16,17,19). The maximum atomic E-state index is 10.7. The van der Waals surface area contributed by atoms with Gasteiger partial charge in [0, 0.05) is 17.7 Å². The smallest absolute Gasteiger partial charge is 0.258 e. The predicted molar refractivity (Wildman–Crippen MR) is 83.5 cm³/mol. The van der Waals surface area contributed by atoms with Gasteiger partial charge in [0.2, 0.25) is 0 Å². The average molecular weight is 309 g/mol. The molecule has 0 aliphatic heterocycles. The van der Waals surface area contributed by atoms with E-state index >= 15 is 0 Å². The number of rotatable bonds is 5. The summed E-state index contributed by atoms with van der Waals surface area (Å²) in [6.45, 7) is 0. The van der Waals surface area contributed by atoms with Gasteiger partial charge in [-0.3, -0.25) is 10.1 Å². The number of hydrazone groups is 1. The van der Waals surface area contributed by atoms with E-state index in [4.69, 9.17) is 0 Å². The summed E-state index contributed by atoms with van der Waals surface area (Å²) in [4.78, 5) is 10.3. The molecule has 0 spiro atoms. The number of hydrogen-bond acceptors (Lipinski definition) is 7. The number of anilines is 1. The van der Waals surface area contributed by atoms with E-state index in [1.165, 1.54) is 23.0 Å². The highest BCUT2D eigenvalue weighted by Gasteiger charge is 2.07. The molecule has 0 fully saturated rings. The third-order valence-electron chi connectivity index (χ3n) is 2.93. The van der Waals surface area contributed by atoms with Gasteiger partial charge in [-0.05, 0) is 22.6 Å². The first-order valence-corrected chi connectivity index (χ1v) is 6.61. The van der Waals surface area contributed by atoms with Crippen LogP contribution in [0, 0.1) is 10.1 Å². The number of non-ortho nitro benzene ring substituents is 1. The van der Waals surface area contributed by atoms with Crippen LogP contribution in [-0.2, 0) is 0 Å². The van der Waals surface area contributed by atoms with Crippen LogP contribution in [0.5, 0.6) is 0 Å². The molecule has 1 N–H and O–H groups in total. The maximum Gasteiger partial charge on any atom is 0.270 e. The summed E-state index contributed by atoms with van der Waals surface area (Å²) in [7, 11) is 0. The summed E-state index contributed by atoms with van der Waals surface area (Å²) in [5.74, 6) is 0.331. The highest BCUT2D eigenvalue weighted by Crippen LogP contribution is 2.12. The number of benzene rings is 2. The largest absolute Gasteiger partial charge is 0.270 e. The Hall–Kier alpha value is -3.62. The van der Waals surface area contributed by atoms with Crippen molar-refractivity contribution in [3.05, 3.63) is 70.3 Å². The third-order valence-corrected chi connectivity index (χ3v) is 2.93. The summed E-state index contributed by atoms with van der Waals surface area (Å²) in [5, 5.41) is 26.1. The van der Waals surface area contributed by atoms with Gasteiger partial charge in [0.15, 0.2) is 0 Å². The molecule has 0 unspecified atom stereocenters. The topological polar surface area (TPSA) is 111 Å². The first kappa shape index (κ1) is 14.3. The van der Waals surface area contributed by atoms with Crippen LogP contribution in [0.25, 0.3) is 5.69 Å². The molecule has 0 aliphatic rings. The predicted octanol–water partition coefficient (Wildman–Crippen LogP) is 2.02. The lowest BCUT2D eigenvalue weighted by atomic mass is 10.2. The number of tetrazole rings is 1. The van der Waals surface area contributed by atoms with Gasteiger partial charge in [0.05, 0.1) is 16.8 Å². The minimum absolute atomic E-state index is 0.00284. The van der Waals surface area contributed by atoms with Crippen molar-refractivity contribution >= 4 is 17.9 Å². The lowest BCUT2D eigenvalue weighted by molar-refractivity contribution is -0.384. The molecule has 0 bridgehead atoms. The third kappa shape index (κ3) is 3.35. The van der Waals surface area contributed by atoms with E-state index in [1.54, 1.807) is 12.1 Å². The van der Waals surface area contributed by atoms with Crippen molar-refractivity contribution in [2.24, 2.45) is 5.10 Å². The Morgan fingerprint density at radius 2 is 2.00 bits per heavy atom. The van der Waals surface area contributed by atoms with Crippen molar-refractivity contribution in [2.75, 3.05) is 5.43 Å². The number of nitrogens with zero attached hydrogens (tertiary/aromatic N) is 6.